The molecule has 0 aliphatic carbocycles. The van der Waals surface area contributed by atoms with Crippen LogP contribution < -0.4 is 14.5 Å². The fourth-order valence-electron chi connectivity index (χ4n) is 4.12. The molecule has 0 spiro atoms. The molecule has 2 aromatic carbocycles. The van der Waals surface area contributed by atoms with Crippen LogP contribution in [0.5, 0.6) is 5.75 Å². The van der Waals surface area contributed by atoms with Crippen molar-refractivity contribution in [2.45, 2.75) is 25.4 Å². The van der Waals surface area contributed by atoms with Crippen LogP contribution in [0.1, 0.15) is 25.3 Å². The number of piperazine rings is 1. The number of benzene rings is 2. The fraction of sp³-hybridized carbons (Fsp3) is 0.308. The molecule has 6 heteroatoms. The lowest BCUT2D eigenvalue weighted by Crippen LogP contribution is -2.46. The summed E-state index contributed by atoms with van der Waals surface area (Å²) in [7, 11) is 0. The molecule has 166 valence electrons. The number of pyridine rings is 1. The maximum atomic E-state index is 12.2. The third-order valence-electron chi connectivity index (χ3n) is 6.39. The van der Waals surface area contributed by atoms with Gasteiger partial charge in [0.25, 0.3) is 0 Å². The van der Waals surface area contributed by atoms with Crippen molar-refractivity contribution in [3.05, 3.63) is 84.7 Å². The molecular weight excluding hydrogens is 402 g/mol. The maximum absolute atomic E-state index is 12.2. The minimum Gasteiger partial charge on any atom is -0.478 e. The molecule has 0 radical (unpaired) electrons. The Morgan fingerprint density at radius 1 is 0.906 bits per heavy atom. The highest BCUT2D eigenvalue weighted by Crippen LogP contribution is 2.34. The first-order valence-electron chi connectivity index (χ1n) is 10.9. The van der Waals surface area contributed by atoms with Crippen LogP contribution in [0.15, 0.2) is 79.1 Å². The van der Waals surface area contributed by atoms with Crippen LogP contribution in [0.2, 0.25) is 0 Å². The Balaban J connectivity index is 1.42. The standard InChI is InChI=1S/C26H29N3O3/c1-20(21-6-4-3-5-7-21)26(2,25(30)31)32-24-10-8-22(9-11-24)28-16-18-29(19-17-28)23-12-14-27-15-13-23/h3-15,20H,16-19H2,1-2H3,(H,30,31). The molecule has 1 aromatic heterocycles. The van der Waals surface area contributed by atoms with Crippen molar-refractivity contribution >= 4 is 17.3 Å². The molecule has 2 atom stereocenters. The van der Waals surface area contributed by atoms with E-state index in [2.05, 4.69) is 14.8 Å². The van der Waals surface area contributed by atoms with E-state index in [1.54, 1.807) is 6.92 Å². The van der Waals surface area contributed by atoms with Crippen molar-refractivity contribution in [1.82, 2.24) is 4.98 Å². The normalized spacial score (nSPS) is 16.8. The number of carbonyl (C=O) groups is 1. The largest absolute Gasteiger partial charge is 0.478 e. The van der Waals surface area contributed by atoms with E-state index in [4.69, 9.17) is 4.74 Å². The molecule has 6 nitrogen and oxygen atoms in total. The number of hydrogen-bond donors (Lipinski definition) is 1. The molecule has 4 rings (SSSR count). The summed E-state index contributed by atoms with van der Waals surface area (Å²) in [4.78, 5) is 20.9. The van der Waals surface area contributed by atoms with E-state index < -0.39 is 11.6 Å². The number of aliphatic carboxylic acids is 1. The average Bonchev–Trinajstić information content (AvgIpc) is 2.85. The summed E-state index contributed by atoms with van der Waals surface area (Å²) in [6.07, 6.45) is 3.65. The van der Waals surface area contributed by atoms with Gasteiger partial charge in [0.1, 0.15) is 5.75 Å². The predicted molar refractivity (Wildman–Crippen MR) is 127 cm³/mol. The zero-order valence-corrected chi connectivity index (χ0v) is 18.5. The molecule has 0 amide bonds. The summed E-state index contributed by atoms with van der Waals surface area (Å²) >= 11 is 0. The summed E-state index contributed by atoms with van der Waals surface area (Å²) in [5, 5.41) is 9.96. The molecule has 2 unspecified atom stereocenters. The third-order valence-corrected chi connectivity index (χ3v) is 6.39. The van der Waals surface area contributed by atoms with Gasteiger partial charge in [-0.3, -0.25) is 4.98 Å². The molecule has 3 aromatic rings. The number of nitrogens with zero attached hydrogens (tertiary/aromatic N) is 3. The second-order valence-corrected chi connectivity index (χ2v) is 8.32. The second-order valence-electron chi connectivity index (χ2n) is 8.32. The highest BCUT2D eigenvalue weighted by atomic mass is 16.5. The van der Waals surface area contributed by atoms with Gasteiger partial charge in [-0.05, 0) is 48.9 Å². The molecule has 1 fully saturated rings. The van der Waals surface area contributed by atoms with Crippen LogP contribution in [0.25, 0.3) is 0 Å². The number of aromatic nitrogens is 1. The quantitative estimate of drug-likeness (QED) is 0.597. The highest BCUT2D eigenvalue weighted by molar-refractivity contribution is 5.79. The smallest absolute Gasteiger partial charge is 0.348 e. The average molecular weight is 432 g/mol. The first-order valence-corrected chi connectivity index (χ1v) is 10.9. The van der Waals surface area contributed by atoms with Gasteiger partial charge in [-0.2, -0.15) is 0 Å². The summed E-state index contributed by atoms with van der Waals surface area (Å²) in [6, 6.07) is 21.4. The SMILES string of the molecule is CC(c1ccccc1)C(C)(Oc1ccc(N2CCN(c3ccncc3)CC2)cc1)C(=O)O. The summed E-state index contributed by atoms with van der Waals surface area (Å²) in [5.41, 5.74) is 1.86. The minimum absolute atomic E-state index is 0.317. The Labute approximate surface area is 189 Å². The third kappa shape index (κ3) is 4.54. The van der Waals surface area contributed by atoms with E-state index >= 15 is 0 Å². The topological polar surface area (TPSA) is 65.9 Å². The van der Waals surface area contributed by atoms with Gasteiger partial charge in [0.05, 0.1) is 0 Å². The second kappa shape index (κ2) is 9.30. The van der Waals surface area contributed by atoms with Gasteiger partial charge in [-0.25, -0.2) is 4.79 Å². The number of anilines is 2. The summed E-state index contributed by atoms with van der Waals surface area (Å²) in [5.74, 6) is -0.746. The number of ether oxygens (including phenoxy) is 1. The number of carboxylic acids is 1. The monoisotopic (exact) mass is 431 g/mol. The Morgan fingerprint density at radius 3 is 1.97 bits per heavy atom. The van der Waals surface area contributed by atoms with Crippen molar-refractivity contribution in [2.75, 3.05) is 36.0 Å². The Morgan fingerprint density at radius 2 is 1.44 bits per heavy atom. The lowest BCUT2D eigenvalue weighted by Gasteiger charge is -2.37. The van der Waals surface area contributed by atoms with Crippen molar-refractivity contribution < 1.29 is 14.6 Å². The van der Waals surface area contributed by atoms with E-state index in [1.165, 1.54) is 5.69 Å². The lowest BCUT2D eigenvalue weighted by atomic mass is 9.84. The highest BCUT2D eigenvalue weighted by Gasteiger charge is 2.42. The first-order chi connectivity index (χ1) is 15.5. The van der Waals surface area contributed by atoms with E-state index in [-0.39, 0.29) is 5.92 Å². The van der Waals surface area contributed by atoms with Crippen molar-refractivity contribution in [2.24, 2.45) is 0 Å². The van der Waals surface area contributed by atoms with Crippen LogP contribution in [-0.4, -0.2) is 47.8 Å². The molecular formula is C26H29N3O3. The number of hydrogen-bond acceptors (Lipinski definition) is 5. The van der Waals surface area contributed by atoms with E-state index in [9.17, 15) is 9.90 Å². The first kappa shape index (κ1) is 21.7. The van der Waals surface area contributed by atoms with E-state index in [1.807, 2.05) is 86.0 Å². The van der Waals surface area contributed by atoms with Gasteiger partial charge < -0.3 is 19.6 Å². The van der Waals surface area contributed by atoms with Crippen LogP contribution in [0.4, 0.5) is 11.4 Å². The van der Waals surface area contributed by atoms with Crippen molar-refractivity contribution in [3.8, 4) is 5.75 Å². The zero-order valence-electron chi connectivity index (χ0n) is 18.5. The summed E-state index contributed by atoms with van der Waals surface area (Å²) in [6.45, 7) is 7.24. The molecule has 1 saturated heterocycles. The van der Waals surface area contributed by atoms with Crippen molar-refractivity contribution in [3.63, 3.8) is 0 Å². The zero-order chi connectivity index (χ0) is 22.6. The van der Waals surface area contributed by atoms with Crippen LogP contribution in [-0.2, 0) is 4.79 Å². The van der Waals surface area contributed by atoms with Gasteiger partial charge in [-0.1, -0.05) is 37.3 Å². The van der Waals surface area contributed by atoms with Gasteiger partial charge in [0.15, 0.2) is 0 Å². The van der Waals surface area contributed by atoms with Crippen LogP contribution in [0, 0.1) is 0 Å². The Bertz CT molecular complexity index is 1020. The molecule has 2 heterocycles. The molecule has 1 N–H and O–H groups in total. The van der Waals surface area contributed by atoms with Crippen LogP contribution >= 0.6 is 0 Å². The number of rotatable bonds is 7. The Kier molecular flexibility index (Phi) is 6.30. The molecule has 1 aliphatic rings. The fourth-order valence-corrected chi connectivity index (χ4v) is 4.12. The van der Waals surface area contributed by atoms with E-state index in [0.29, 0.717) is 5.75 Å². The van der Waals surface area contributed by atoms with Gasteiger partial charge >= 0.3 is 5.97 Å². The minimum atomic E-state index is -1.38. The van der Waals surface area contributed by atoms with Gasteiger partial charge in [0, 0.05) is 55.9 Å². The van der Waals surface area contributed by atoms with Crippen LogP contribution in [0.3, 0.4) is 0 Å². The molecule has 32 heavy (non-hydrogen) atoms. The van der Waals surface area contributed by atoms with Crippen molar-refractivity contribution in [1.29, 1.82) is 0 Å². The predicted octanol–water partition coefficient (Wildman–Crippen LogP) is 4.43. The van der Waals surface area contributed by atoms with Gasteiger partial charge in [0.2, 0.25) is 5.60 Å². The molecule has 0 saturated carbocycles. The molecule has 0 bridgehead atoms. The summed E-state index contributed by atoms with van der Waals surface area (Å²) < 4.78 is 6.06. The van der Waals surface area contributed by atoms with E-state index in [0.717, 1.165) is 37.4 Å². The Hall–Kier alpha value is -3.54. The molecule has 1 aliphatic heterocycles. The maximum Gasteiger partial charge on any atom is 0.348 e. The lowest BCUT2D eigenvalue weighted by molar-refractivity contribution is -0.155. The number of carboxylic acid groups (broad SMARTS) is 1. The van der Waals surface area contributed by atoms with Gasteiger partial charge in [-0.15, -0.1) is 0 Å².